The van der Waals surface area contributed by atoms with Crippen LogP contribution in [0.4, 0.5) is 24.8 Å². The molecular weight excluding hydrogens is 429 g/mol. The Morgan fingerprint density at radius 3 is 2.45 bits per heavy atom. The van der Waals surface area contributed by atoms with Gasteiger partial charge in [0.2, 0.25) is 5.95 Å². The molecule has 5 aromatic rings. The maximum Gasteiger partial charge on any atom is 0.416 e. The summed E-state index contributed by atoms with van der Waals surface area (Å²) in [7, 11) is 0. The number of anilines is 2. The normalized spacial score (nSPS) is 11.9. The van der Waals surface area contributed by atoms with E-state index in [9.17, 15) is 13.2 Å². The van der Waals surface area contributed by atoms with E-state index in [2.05, 4.69) is 20.3 Å². The summed E-state index contributed by atoms with van der Waals surface area (Å²) in [5.74, 6) is 1.61. The van der Waals surface area contributed by atoms with Gasteiger partial charge in [-0.3, -0.25) is 0 Å². The lowest BCUT2D eigenvalue weighted by molar-refractivity contribution is -0.137. The molecular formula is C22H14ClF3N4O. The number of nitrogens with zero attached hydrogens (tertiary/aromatic N) is 1. The molecule has 0 saturated carbocycles. The van der Waals surface area contributed by atoms with Crippen LogP contribution in [0.3, 0.4) is 0 Å². The molecule has 0 unspecified atom stereocenters. The number of hydrogen-bond donors (Lipinski definition) is 3. The number of imidazole rings is 1. The number of aromatic nitrogens is 3. The molecule has 2 aromatic heterocycles. The number of fused-ring (bicyclic) bond motifs is 2. The first kappa shape index (κ1) is 19.3. The monoisotopic (exact) mass is 442 g/mol. The first-order valence-corrected chi connectivity index (χ1v) is 9.61. The number of aromatic amines is 2. The average molecular weight is 443 g/mol. The second-order valence-corrected chi connectivity index (χ2v) is 7.32. The van der Waals surface area contributed by atoms with Gasteiger partial charge in [0.05, 0.1) is 16.1 Å². The third-order valence-corrected chi connectivity index (χ3v) is 5.03. The van der Waals surface area contributed by atoms with Gasteiger partial charge >= 0.3 is 6.18 Å². The molecule has 0 aliphatic carbocycles. The summed E-state index contributed by atoms with van der Waals surface area (Å²) in [4.78, 5) is 10.2. The highest BCUT2D eigenvalue weighted by Crippen LogP contribution is 2.35. The maximum absolute atomic E-state index is 13.0. The maximum atomic E-state index is 13.0. The van der Waals surface area contributed by atoms with Crippen LogP contribution in [0.1, 0.15) is 5.56 Å². The molecule has 0 radical (unpaired) electrons. The van der Waals surface area contributed by atoms with Gasteiger partial charge < -0.3 is 20.0 Å². The molecule has 0 spiro atoms. The smallest absolute Gasteiger partial charge is 0.416 e. The Balaban J connectivity index is 1.34. The highest BCUT2D eigenvalue weighted by atomic mass is 35.5. The van der Waals surface area contributed by atoms with Crippen molar-refractivity contribution in [2.75, 3.05) is 5.32 Å². The number of H-pyrrole nitrogens is 2. The minimum atomic E-state index is -4.49. The number of benzene rings is 3. The molecule has 2 heterocycles. The fraction of sp³-hybridized carbons (Fsp3) is 0.0455. The van der Waals surface area contributed by atoms with Crippen LogP contribution in [-0.4, -0.2) is 15.0 Å². The molecule has 9 heteroatoms. The average Bonchev–Trinajstić information content (AvgIpc) is 3.35. The van der Waals surface area contributed by atoms with E-state index < -0.39 is 11.7 Å². The van der Waals surface area contributed by atoms with Crippen LogP contribution < -0.4 is 10.1 Å². The van der Waals surface area contributed by atoms with Crippen LogP contribution in [0.25, 0.3) is 21.9 Å². The largest absolute Gasteiger partial charge is 0.457 e. The predicted octanol–water partition coefficient (Wildman–Crippen LogP) is 7.25. The fourth-order valence-corrected chi connectivity index (χ4v) is 3.53. The van der Waals surface area contributed by atoms with Crippen molar-refractivity contribution in [2.24, 2.45) is 0 Å². The highest BCUT2D eigenvalue weighted by Gasteiger charge is 2.31. The van der Waals surface area contributed by atoms with Crippen molar-refractivity contribution >= 4 is 45.2 Å². The van der Waals surface area contributed by atoms with Crippen molar-refractivity contribution < 1.29 is 17.9 Å². The molecule has 3 N–H and O–H groups in total. The lowest BCUT2D eigenvalue weighted by Gasteiger charge is -2.07. The highest BCUT2D eigenvalue weighted by molar-refractivity contribution is 6.35. The molecule has 156 valence electrons. The lowest BCUT2D eigenvalue weighted by atomic mass is 10.2. The van der Waals surface area contributed by atoms with Crippen LogP contribution in [0.2, 0.25) is 5.02 Å². The zero-order chi connectivity index (χ0) is 21.6. The Hall–Kier alpha value is -3.65. The van der Waals surface area contributed by atoms with Gasteiger partial charge in [-0.1, -0.05) is 11.6 Å². The van der Waals surface area contributed by atoms with Crippen LogP contribution in [0.15, 0.2) is 66.9 Å². The summed E-state index contributed by atoms with van der Waals surface area (Å²) >= 11 is 5.98. The van der Waals surface area contributed by atoms with E-state index in [1.165, 1.54) is 0 Å². The number of hydrogen-bond acceptors (Lipinski definition) is 3. The van der Waals surface area contributed by atoms with Crippen molar-refractivity contribution in [3.8, 4) is 11.5 Å². The SMILES string of the molecule is FC(F)(F)c1cc(Cl)c2nc(Nc3ccc(Oc4ccc5cc[nH]c5c4)cc3)[nH]c2c1. The van der Waals surface area contributed by atoms with Gasteiger partial charge in [-0.25, -0.2) is 4.98 Å². The minimum Gasteiger partial charge on any atom is -0.457 e. The Morgan fingerprint density at radius 1 is 0.903 bits per heavy atom. The first-order chi connectivity index (χ1) is 14.8. The molecule has 5 nitrogen and oxygen atoms in total. The van der Waals surface area contributed by atoms with Gasteiger partial charge in [-0.2, -0.15) is 13.2 Å². The third-order valence-electron chi connectivity index (χ3n) is 4.75. The van der Waals surface area contributed by atoms with Crippen LogP contribution >= 0.6 is 11.6 Å². The van der Waals surface area contributed by atoms with Gasteiger partial charge in [0.15, 0.2) is 0 Å². The number of rotatable bonds is 4. The number of alkyl halides is 3. The Labute approximate surface area is 178 Å². The van der Waals surface area contributed by atoms with Crippen molar-refractivity contribution in [3.05, 3.63) is 77.4 Å². The summed E-state index contributed by atoms with van der Waals surface area (Å²) in [6.07, 6.45) is -2.62. The minimum absolute atomic E-state index is 0.0723. The molecule has 3 aromatic carbocycles. The molecule has 0 saturated heterocycles. The van der Waals surface area contributed by atoms with Crippen molar-refractivity contribution in [1.29, 1.82) is 0 Å². The van der Waals surface area contributed by atoms with Crippen molar-refractivity contribution in [3.63, 3.8) is 0 Å². The van der Waals surface area contributed by atoms with Crippen molar-refractivity contribution in [2.45, 2.75) is 6.18 Å². The van der Waals surface area contributed by atoms with Gasteiger partial charge in [0, 0.05) is 23.5 Å². The summed E-state index contributed by atoms with van der Waals surface area (Å²) < 4.78 is 44.8. The number of nitrogens with one attached hydrogen (secondary N) is 3. The van der Waals surface area contributed by atoms with E-state index >= 15 is 0 Å². The summed E-state index contributed by atoms with van der Waals surface area (Å²) in [5, 5.41) is 4.05. The number of ether oxygens (including phenoxy) is 1. The van der Waals surface area contributed by atoms with Crippen LogP contribution in [0, 0.1) is 0 Å². The second-order valence-electron chi connectivity index (χ2n) is 6.92. The van der Waals surface area contributed by atoms with Crippen LogP contribution in [0.5, 0.6) is 11.5 Å². The molecule has 0 fully saturated rings. The predicted molar refractivity (Wildman–Crippen MR) is 114 cm³/mol. The van der Waals surface area contributed by atoms with E-state index in [0.717, 1.165) is 23.0 Å². The summed E-state index contributed by atoms with van der Waals surface area (Å²) in [5.41, 5.74) is 1.28. The molecule has 0 aliphatic heterocycles. The van der Waals surface area contributed by atoms with E-state index in [0.29, 0.717) is 17.2 Å². The first-order valence-electron chi connectivity index (χ1n) is 9.24. The van der Waals surface area contributed by atoms with E-state index in [-0.39, 0.29) is 22.0 Å². The molecule has 31 heavy (non-hydrogen) atoms. The molecule has 0 amide bonds. The third kappa shape index (κ3) is 3.89. The van der Waals surface area contributed by atoms with E-state index in [4.69, 9.17) is 16.3 Å². The fourth-order valence-electron chi connectivity index (χ4n) is 3.27. The molecule has 0 aliphatic rings. The Morgan fingerprint density at radius 2 is 1.68 bits per heavy atom. The topological polar surface area (TPSA) is 65.7 Å². The van der Waals surface area contributed by atoms with Gasteiger partial charge in [-0.15, -0.1) is 0 Å². The summed E-state index contributed by atoms with van der Waals surface area (Å²) in [6, 6.07) is 16.7. The van der Waals surface area contributed by atoms with E-state index in [1.54, 1.807) is 24.3 Å². The van der Waals surface area contributed by atoms with Gasteiger partial charge in [0.25, 0.3) is 0 Å². The number of halogens is 4. The zero-order valence-corrected chi connectivity index (χ0v) is 16.5. The van der Waals surface area contributed by atoms with Crippen LogP contribution in [-0.2, 0) is 6.18 Å². The second kappa shape index (κ2) is 7.24. The summed E-state index contributed by atoms with van der Waals surface area (Å²) in [6.45, 7) is 0. The zero-order valence-electron chi connectivity index (χ0n) is 15.7. The van der Waals surface area contributed by atoms with E-state index in [1.807, 2.05) is 30.5 Å². The Bertz CT molecular complexity index is 1390. The van der Waals surface area contributed by atoms with Gasteiger partial charge in [0.1, 0.15) is 17.0 Å². The molecule has 0 atom stereocenters. The molecule has 5 rings (SSSR count). The Kier molecular flexibility index (Phi) is 4.51. The van der Waals surface area contributed by atoms with Crippen molar-refractivity contribution in [1.82, 2.24) is 15.0 Å². The van der Waals surface area contributed by atoms with Gasteiger partial charge in [-0.05, 0) is 60.0 Å². The molecule has 0 bridgehead atoms. The standard InChI is InChI=1S/C22H14ClF3N4O/c23-17-9-13(22(24,25)26)10-19-20(17)30-21(29-19)28-14-2-5-15(6-3-14)31-16-4-1-12-7-8-27-18(12)11-16/h1-11,27H,(H2,28,29,30). The lowest BCUT2D eigenvalue weighted by Crippen LogP contribution is -2.04. The quantitative estimate of drug-likeness (QED) is 0.274.